The molecule has 0 saturated heterocycles. The number of aromatic nitrogens is 1. The monoisotopic (exact) mass is 330 g/mol. The Hall–Kier alpha value is -2.63. The van der Waals surface area contributed by atoms with Crippen molar-refractivity contribution in [2.75, 3.05) is 12.4 Å². The van der Waals surface area contributed by atoms with E-state index in [1.807, 2.05) is 0 Å². The van der Waals surface area contributed by atoms with Crippen LogP contribution in [0.2, 0.25) is 0 Å². The molecule has 0 saturated carbocycles. The molecule has 5 nitrogen and oxygen atoms in total. The summed E-state index contributed by atoms with van der Waals surface area (Å²) < 4.78 is 20.2. The number of fused-ring (bicyclic) bond motifs is 1. The van der Waals surface area contributed by atoms with Gasteiger partial charge in [-0.3, -0.25) is 9.59 Å². The van der Waals surface area contributed by atoms with Gasteiger partial charge in [-0.2, -0.15) is 0 Å². The van der Waals surface area contributed by atoms with Gasteiger partial charge in [0.15, 0.2) is 0 Å². The average molecular weight is 330 g/mol. The number of nitrogens with zero attached hydrogens (tertiary/aromatic N) is 1. The summed E-state index contributed by atoms with van der Waals surface area (Å²) in [7, 11) is 1.43. The zero-order chi connectivity index (χ0) is 17.1. The van der Waals surface area contributed by atoms with E-state index in [2.05, 4.69) is 5.32 Å². The van der Waals surface area contributed by atoms with Crippen LogP contribution < -0.4 is 15.6 Å². The highest BCUT2D eigenvalue weighted by molar-refractivity contribution is 6.07. The number of halogens is 1. The molecule has 2 aromatic rings. The fourth-order valence-electron chi connectivity index (χ4n) is 3.08. The summed E-state index contributed by atoms with van der Waals surface area (Å²) in [6.07, 6.45) is 3.46. The second-order valence-corrected chi connectivity index (χ2v) is 5.80. The van der Waals surface area contributed by atoms with Crippen molar-refractivity contribution in [3.63, 3.8) is 0 Å². The van der Waals surface area contributed by atoms with Crippen LogP contribution in [-0.4, -0.2) is 17.6 Å². The van der Waals surface area contributed by atoms with E-state index < -0.39 is 11.7 Å². The Bertz CT molecular complexity index is 829. The Balaban J connectivity index is 2.05. The third-order valence-electron chi connectivity index (χ3n) is 4.21. The van der Waals surface area contributed by atoms with Crippen molar-refractivity contribution >= 4 is 11.6 Å². The summed E-state index contributed by atoms with van der Waals surface area (Å²) >= 11 is 0. The van der Waals surface area contributed by atoms with Gasteiger partial charge in [-0.1, -0.05) is 12.5 Å². The quantitative estimate of drug-likeness (QED) is 0.941. The van der Waals surface area contributed by atoms with E-state index in [-0.39, 0.29) is 11.3 Å². The molecule has 0 atom stereocenters. The molecule has 0 fully saturated rings. The van der Waals surface area contributed by atoms with Crippen molar-refractivity contribution in [2.24, 2.45) is 0 Å². The van der Waals surface area contributed by atoms with Crippen LogP contribution in [0.1, 0.15) is 35.3 Å². The van der Waals surface area contributed by atoms with Gasteiger partial charge < -0.3 is 14.6 Å². The lowest BCUT2D eigenvalue weighted by Gasteiger charge is -2.17. The topological polar surface area (TPSA) is 60.3 Å². The molecule has 1 aliphatic heterocycles. The number of pyridine rings is 1. The number of hydrogen-bond acceptors (Lipinski definition) is 3. The molecule has 0 aliphatic carbocycles. The summed E-state index contributed by atoms with van der Waals surface area (Å²) in [6.45, 7) is 0.596. The van der Waals surface area contributed by atoms with Gasteiger partial charge in [0.25, 0.3) is 11.5 Å². The zero-order valence-corrected chi connectivity index (χ0v) is 13.5. The molecule has 24 heavy (non-hydrogen) atoms. The highest BCUT2D eigenvalue weighted by Crippen LogP contribution is 2.25. The first-order valence-corrected chi connectivity index (χ1v) is 7.98. The molecule has 0 bridgehead atoms. The molecular weight excluding hydrogens is 311 g/mol. The van der Waals surface area contributed by atoms with Crippen molar-refractivity contribution in [1.82, 2.24) is 4.57 Å². The minimum absolute atomic E-state index is 0.161. The smallest absolute Gasteiger partial charge is 0.261 e. The average Bonchev–Trinajstić information content (AvgIpc) is 2.80. The normalized spacial score (nSPS) is 13.8. The number of amides is 1. The van der Waals surface area contributed by atoms with Crippen LogP contribution in [0.5, 0.6) is 5.75 Å². The predicted octanol–water partition coefficient (Wildman–Crippen LogP) is 2.97. The van der Waals surface area contributed by atoms with Crippen molar-refractivity contribution in [2.45, 2.75) is 32.2 Å². The summed E-state index contributed by atoms with van der Waals surface area (Å²) in [6, 6.07) is 7.04. The summed E-state index contributed by atoms with van der Waals surface area (Å²) in [5, 5.41) is 2.69. The number of carbonyl (C=O) groups excluding carboxylic acids is 1. The maximum atomic E-state index is 13.3. The maximum Gasteiger partial charge on any atom is 0.261 e. The fraction of sp³-hybridized carbons (Fsp3) is 0.333. The van der Waals surface area contributed by atoms with E-state index in [4.69, 9.17) is 4.74 Å². The first kappa shape index (κ1) is 16.2. The zero-order valence-electron chi connectivity index (χ0n) is 13.5. The Kier molecular flexibility index (Phi) is 4.64. The summed E-state index contributed by atoms with van der Waals surface area (Å²) in [5.41, 5.74) is 1.24. The van der Waals surface area contributed by atoms with Crippen LogP contribution in [0.4, 0.5) is 10.1 Å². The van der Waals surface area contributed by atoms with E-state index >= 15 is 0 Å². The molecule has 1 aliphatic rings. The molecule has 0 radical (unpaired) electrons. The van der Waals surface area contributed by atoms with Crippen LogP contribution in [0, 0.1) is 5.82 Å². The Morgan fingerprint density at radius 2 is 2.08 bits per heavy atom. The van der Waals surface area contributed by atoms with Gasteiger partial charge in [0.1, 0.15) is 17.1 Å². The molecule has 1 amide bonds. The van der Waals surface area contributed by atoms with Gasteiger partial charge in [-0.15, -0.1) is 0 Å². The molecule has 3 rings (SSSR count). The van der Waals surface area contributed by atoms with E-state index in [1.165, 1.54) is 31.4 Å². The van der Waals surface area contributed by atoms with E-state index in [0.29, 0.717) is 29.9 Å². The van der Waals surface area contributed by atoms with Crippen LogP contribution in [-0.2, 0) is 13.0 Å². The van der Waals surface area contributed by atoms with Crippen LogP contribution in [0.25, 0.3) is 0 Å². The van der Waals surface area contributed by atoms with Crippen molar-refractivity contribution in [1.29, 1.82) is 0 Å². The van der Waals surface area contributed by atoms with Crippen molar-refractivity contribution < 1.29 is 13.9 Å². The Morgan fingerprint density at radius 3 is 2.83 bits per heavy atom. The number of benzene rings is 1. The van der Waals surface area contributed by atoms with Crippen molar-refractivity contribution in [3.05, 3.63) is 57.8 Å². The molecule has 1 N–H and O–H groups in total. The second kappa shape index (κ2) is 6.86. The number of carbonyl (C=O) groups is 1. The van der Waals surface area contributed by atoms with E-state index in [9.17, 15) is 14.0 Å². The minimum atomic E-state index is -0.428. The number of hydrogen-bond donors (Lipinski definition) is 1. The van der Waals surface area contributed by atoms with Gasteiger partial charge in [0.2, 0.25) is 0 Å². The summed E-state index contributed by atoms with van der Waals surface area (Å²) in [4.78, 5) is 25.0. The third-order valence-corrected chi connectivity index (χ3v) is 4.21. The van der Waals surface area contributed by atoms with Gasteiger partial charge in [0.05, 0.1) is 7.11 Å². The van der Waals surface area contributed by atoms with Gasteiger partial charge >= 0.3 is 0 Å². The lowest BCUT2D eigenvalue weighted by atomic mass is 10.1. The maximum absolute atomic E-state index is 13.3. The minimum Gasteiger partial charge on any atom is -0.496 e. The lowest BCUT2D eigenvalue weighted by Crippen LogP contribution is -2.27. The van der Waals surface area contributed by atoms with E-state index in [0.717, 1.165) is 19.3 Å². The molecule has 126 valence electrons. The SMILES string of the molecule is COc1cc(=O)n2c(c1C(=O)Nc1cccc(F)c1)CCCCC2. The third kappa shape index (κ3) is 3.18. The molecule has 1 aromatic heterocycles. The van der Waals surface area contributed by atoms with Gasteiger partial charge in [0, 0.05) is 24.0 Å². The van der Waals surface area contributed by atoms with Crippen molar-refractivity contribution in [3.8, 4) is 5.75 Å². The first-order chi connectivity index (χ1) is 11.6. The second-order valence-electron chi connectivity index (χ2n) is 5.80. The Labute approximate surface area is 139 Å². The largest absolute Gasteiger partial charge is 0.496 e. The molecule has 0 spiro atoms. The highest BCUT2D eigenvalue weighted by atomic mass is 19.1. The molecular formula is C18H19FN2O3. The predicted molar refractivity (Wildman–Crippen MR) is 89.2 cm³/mol. The molecule has 0 unspecified atom stereocenters. The van der Waals surface area contributed by atoms with E-state index in [1.54, 1.807) is 10.6 Å². The van der Waals surface area contributed by atoms with Crippen LogP contribution in [0.15, 0.2) is 35.1 Å². The molecule has 6 heteroatoms. The molecule has 2 heterocycles. The number of rotatable bonds is 3. The standard InChI is InChI=1S/C18H19FN2O3/c1-24-15-11-16(22)21-9-4-2-3-8-14(21)17(15)18(23)20-13-7-5-6-12(19)10-13/h5-7,10-11H,2-4,8-9H2,1H3,(H,20,23). The number of anilines is 1. The Morgan fingerprint density at radius 1 is 1.25 bits per heavy atom. The number of methoxy groups -OCH3 is 1. The number of nitrogens with one attached hydrogen (secondary N) is 1. The first-order valence-electron chi connectivity index (χ1n) is 7.98. The lowest BCUT2D eigenvalue weighted by molar-refractivity contribution is 0.102. The van der Waals surface area contributed by atoms with Crippen LogP contribution >= 0.6 is 0 Å². The fourth-order valence-corrected chi connectivity index (χ4v) is 3.08. The van der Waals surface area contributed by atoms with Gasteiger partial charge in [-0.25, -0.2) is 4.39 Å². The summed E-state index contributed by atoms with van der Waals surface area (Å²) in [5.74, 6) is -0.576. The van der Waals surface area contributed by atoms with Crippen LogP contribution in [0.3, 0.4) is 0 Å². The highest BCUT2D eigenvalue weighted by Gasteiger charge is 2.23. The number of ether oxygens (including phenoxy) is 1. The van der Waals surface area contributed by atoms with Gasteiger partial charge in [-0.05, 0) is 37.5 Å². The molecule has 1 aromatic carbocycles.